The van der Waals surface area contributed by atoms with Crippen molar-refractivity contribution in [3.05, 3.63) is 21.6 Å². The molecule has 0 aromatic carbocycles. The summed E-state index contributed by atoms with van der Waals surface area (Å²) in [5, 5.41) is 0. The minimum atomic E-state index is 0.0501. The lowest BCUT2D eigenvalue weighted by atomic mass is 9.88. The van der Waals surface area contributed by atoms with Crippen LogP contribution in [0.2, 0.25) is 0 Å². The molecule has 2 atom stereocenters. The summed E-state index contributed by atoms with van der Waals surface area (Å²) in [5.41, 5.74) is 1.93. The molecule has 6 nitrogen and oxygen atoms in total. The summed E-state index contributed by atoms with van der Waals surface area (Å²) < 4.78 is 5.81. The largest absolute Gasteiger partial charge is 0.372 e. The van der Waals surface area contributed by atoms with Gasteiger partial charge in [0, 0.05) is 38.3 Å². The number of ether oxygens (including phenoxy) is 1. The normalized spacial score (nSPS) is 28.2. The number of rotatable bonds is 3. The first-order valence-corrected chi connectivity index (χ1v) is 10.3. The quantitative estimate of drug-likeness (QED) is 0.896. The summed E-state index contributed by atoms with van der Waals surface area (Å²) in [4.78, 5) is 25.2. The second-order valence-electron chi connectivity index (χ2n) is 8.47. The summed E-state index contributed by atoms with van der Waals surface area (Å²) in [5.74, 6) is 1.54. The molecule has 0 spiro atoms. The monoisotopic (exact) mass is 360 g/mol. The van der Waals surface area contributed by atoms with E-state index in [4.69, 9.17) is 9.72 Å². The Balaban J connectivity index is 1.50. The van der Waals surface area contributed by atoms with Crippen LogP contribution in [0.3, 0.4) is 0 Å². The molecular weight excluding hydrogens is 328 g/mol. The number of nitrogens with zero attached hydrogens (tertiary/aromatic N) is 3. The Bertz CT molecular complexity index is 673. The molecule has 26 heavy (non-hydrogen) atoms. The molecule has 144 valence electrons. The van der Waals surface area contributed by atoms with E-state index in [2.05, 4.69) is 28.6 Å². The Morgan fingerprint density at radius 1 is 1.15 bits per heavy atom. The van der Waals surface area contributed by atoms with Gasteiger partial charge in [0.25, 0.3) is 5.56 Å². The molecule has 3 aliphatic rings. The molecule has 4 rings (SSSR count). The van der Waals surface area contributed by atoms with E-state index in [0.29, 0.717) is 0 Å². The van der Waals surface area contributed by atoms with Crippen LogP contribution in [-0.4, -0.2) is 53.3 Å². The van der Waals surface area contributed by atoms with Crippen LogP contribution in [-0.2, 0) is 17.7 Å². The number of hydrogen-bond acceptors (Lipinski definition) is 5. The van der Waals surface area contributed by atoms with Crippen molar-refractivity contribution < 1.29 is 4.74 Å². The molecule has 6 heteroatoms. The molecule has 0 bridgehead atoms. The number of aromatic nitrogens is 2. The first kappa shape index (κ1) is 18.0. The van der Waals surface area contributed by atoms with Gasteiger partial charge in [-0.05, 0) is 39.0 Å². The van der Waals surface area contributed by atoms with Crippen molar-refractivity contribution in [2.45, 2.75) is 71.1 Å². The SMILES string of the molecule is C[C@@H]1CN(c2nc3c(c(=O)[nH]2)CCN(CC2CCCCC2)C3)C[C@H](C)O1. The summed E-state index contributed by atoms with van der Waals surface area (Å²) >= 11 is 0. The Morgan fingerprint density at radius 2 is 1.88 bits per heavy atom. The van der Waals surface area contributed by atoms with Crippen LogP contribution in [0.4, 0.5) is 5.95 Å². The fraction of sp³-hybridized carbons (Fsp3) is 0.800. The van der Waals surface area contributed by atoms with Crippen molar-refractivity contribution in [2.24, 2.45) is 5.92 Å². The van der Waals surface area contributed by atoms with Gasteiger partial charge in [-0.3, -0.25) is 14.7 Å². The number of hydrogen-bond donors (Lipinski definition) is 1. The van der Waals surface area contributed by atoms with Crippen LogP contribution in [0.25, 0.3) is 0 Å². The smallest absolute Gasteiger partial charge is 0.255 e. The molecule has 2 aliphatic heterocycles. The van der Waals surface area contributed by atoms with Crippen molar-refractivity contribution >= 4 is 5.95 Å². The molecule has 1 N–H and O–H groups in total. The lowest BCUT2D eigenvalue weighted by Crippen LogP contribution is -2.47. The van der Waals surface area contributed by atoms with Crippen molar-refractivity contribution in [1.29, 1.82) is 0 Å². The Kier molecular flexibility index (Phi) is 5.32. The van der Waals surface area contributed by atoms with E-state index < -0.39 is 0 Å². The Labute approximate surface area is 155 Å². The third-order valence-electron chi connectivity index (χ3n) is 6.10. The average Bonchev–Trinajstić information content (AvgIpc) is 2.61. The number of anilines is 1. The van der Waals surface area contributed by atoms with E-state index in [-0.39, 0.29) is 17.8 Å². The third kappa shape index (κ3) is 3.96. The van der Waals surface area contributed by atoms with Gasteiger partial charge in [-0.2, -0.15) is 0 Å². The van der Waals surface area contributed by atoms with Gasteiger partial charge in [0.05, 0.1) is 17.9 Å². The molecule has 0 unspecified atom stereocenters. The number of H-pyrrole nitrogens is 1. The van der Waals surface area contributed by atoms with Crippen molar-refractivity contribution in [1.82, 2.24) is 14.9 Å². The van der Waals surface area contributed by atoms with Gasteiger partial charge in [0.1, 0.15) is 0 Å². The fourth-order valence-corrected chi connectivity index (χ4v) is 4.87. The van der Waals surface area contributed by atoms with Crippen LogP contribution < -0.4 is 10.5 Å². The fourth-order valence-electron chi connectivity index (χ4n) is 4.87. The highest BCUT2D eigenvalue weighted by Crippen LogP contribution is 2.26. The van der Waals surface area contributed by atoms with Gasteiger partial charge in [-0.25, -0.2) is 4.98 Å². The summed E-state index contributed by atoms with van der Waals surface area (Å²) in [6, 6.07) is 0. The number of morpholine rings is 1. The lowest BCUT2D eigenvalue weighted by molar-refractivity contribution is -0.00576. The van der Waals surface area contributed by atoms with Crippen molar-refractivity contribution in [3.63, 3.8) is 0 Å². The van der Waals surface area contributed by atoms with Gasteiger partial charge in [0.15, 0.2) is 0 Å². The van der Waals surface area contributed by atoms with E-state index in [9.17, 15) is 4.79 Å². The van der Waals surface area contributed by atoms with Crippen LogP contribution in [0.15, 0.2) is 4.79 Å². The molecule has 0 amide bonds. The number of aromatic amines is 1. The zero-order valence-electron chi connectivity index (χ0n) is 16.2. The van der Waals surface area contributed by atoms with Gasteiger partial charge < -0.3 is 9.64 Å². The lowest BCUT2D eigenvalue weighted by Gasteiger charge is -2.36. The van der Waals surface area contributed by atoms with Crippen molar-refractivity contribution in [2.75, 3.05) is 31.1 Å². The second kappa shape index (κ2) is 7.69. The molecule has 0 radical (unpaired) electrons. The van der Waals surface area contributed by atoms with Crippen LogP contribution in [0.5, 0.6) is 0 Å². The van der Waals surface area contributed by atoms with Gasteiger partial charge in [-0.15, -0.1) is 0 Å². The Hall–Kier alpha value is -1.40. The topological polar surface area (TPSA) is 61.5 Å². The highest BCUT2D eigenvalue weighted by molar-refractivity contribution is 5.35. The maximum absolute atomic E-state index is 12.6. The molecule has 1 aromatic heterocycles. The predicted octanol–water partition coefficient (Wildman–Crippen LogP) is 2.32. The first-order chi connectivity index (χ1) is 12.6. The maximum atomic E-state index is 12.6. The molecule has 1 saturated carbocycles. The highest BCUT2D eigenvalue weighted by Gasteiger charge is 2.27. The predicted molar refractivity (Wildman–Crippen MR) is 103 cm³/mol. The first-order valence-electron chi connectivity index (χ1n) is 10.3. The molecule has 1 saturated heterocycles. The molecule has 1 aliphatic carbocycles. The summed E-state index contributed by atoms with van der Waals surface area (Å²) in [6.45, 7) is 8.66. The van der Waals surface area contributed by atoms with E-state index in [1.165, 1.54) is 32.1 Å². The van der Waals surface area contributed by atoms with Crippen LogP contribution in [0, 0.1) is 5.92 Å². The van der Waals surface area contributed by atoms with Crippen LogP contribution >= 0.6 is 0 Å². The molecule has 3 heterocycles. The van der Waals surface area contributed by atoms with Gasteiger partial charge in [0.2, 0.25) is 5.95 Å². The average molecular weight is 361 g/mol. The van der Waals surface area contributed by atoms with E-state index in [0.717, 1.165) is 62.3 Å². The van der Waals surface area contributed by atoms with Gasteiger partial charge >= 0.3 is 0 Å². The zero-order valence-corrected chi connectivity index (χ0v) is 16.2. The van der Waals surface area contributed by atoms with Crippen LogP contribution in [0.1, 0.15) is 57.2 Å². The van der Waals surface area contributed by atoms with Gasteiger partial charge in [-0.1, -0.05) is 19.3 Å². The summed E-state index contributed by atoms with van der Waals surface area (Å²) in [6.07, 6.45) is 8.01. The Morgan fingerprint density at radius 3 is 2.62 bits per heavy atom. The zero-order chi connectivity index (χ0) is 18.1. The third-order valence-corrected chi connectivity index (χ3v) is 6.10. The second-order valence-corrected chi connectivity index (χ2v) is 8.47. The molecular formula is C20H32N4O2. The number of nitrogens with one attached hydrogen (secondary N) is 1. The number of fused-ring (bicyclic) bond motifs is 1. The maximum Gasteiger partial charge on any atom is 0.255 e. The molecule has 2 fully saturated rings. The van der Waals surface area contributed by atoms with E-state index >= 15 is 0 Å². The minimum absolute atomic E-state index is 0.0501. The standard InChI is InChI=1S/C20H32N4O2/c1-14-10-24(11-15(2)26-14)20-21-18-13-23(9-8-17(18)19(25)22-20)12-16-6-4-3-5-7-16/h14-16H,3-13H2,1-2H3,(H,21,22,25)/t14-,15+. The summed E-state index contributed by atoms with van der Waals surface area (Å²) in [7, 11) is 0. The highest BCUT2D eigenvalue weighted by atomic mass is 16.5. The molecule has 1 aromatic rings. The van der Waals surface area contributed by atoms with Crippen molar-refractivity contribution in [3.8, 4) is 0 Å². The minimum Gasteiger partial charge on any atom is -0.372 e. The van der Waals surface area contributed by atoms with E-state index in [1.54, 1.807) is 0 Å². The van der Waals surface area contributed by atoms with E-state index in [1.807, 2.05) is 0 Å².